The third kappa shape index (κ3) is 6.63. The van der Waals surface area contributed by atoms with Crippen LogP contribution in [0.25, 0.3) is 0 Å². The number of amides is 2. The average molecular weight is 291 g/mol. The van der Waals surface area contributed by atoms with E-state index in [1.54, 1.807) is 0 Å². The molecule has 0 aliphatic carbocycles. The highest BCUT2D eigenvalue weighted by Gasteiger charge is 2.15. The molecule has 0 saturated carbocycles. The van der Waals surface area contributed by atoms with Gasteiger partial charge in [-0.2, -0.15) is 0 Å². The van der Waals surface area contributed by atoms with Crippen molar-refractivity contribution in [1.29, 1.82) is 0 Å². The van der Waals surface area contributed by atoms with E-state index in [9.17, 15) is 4.79 Å². The Kier molecular flexibility index (Phi) is 6.69. The fourth-order valence-electron chi connectivity index (χ4n) is 2.29. The maximum absolute atomic E-state index is 10.8. The highest BCUT2D eigenvalue weighted by Crippen LogP contribution is 2.25. The molecule has 0 heterocycles. The fraction of sp³-hybridized carbons (Fsp3) is 0.588. The minimum Gasteiger partial charge on any atom is -0.352 e. The van der Waals surface area contributed by atoms with Gasteiger partial charge in [0, 0.05) is 6.54 Å². The maximum atomic E-state index is 10.8. The van der Waals surface area contributed by atoms with E-state index >= 15 is 0 Å². The van der Waals surface area contributed by atoms with Crippen LogP contribution in [0.5, 0.6) is 0 Å². The average Bonchev–Trinajstić information content (AvgIpc) is 2.37. The summed E-state index contributed by atoms with van der Waals surface area (Å²) in [6.45, 7) is 7.98. The minimum absolute atomic E-state index is 0.121. The van der Waals surface area contributed by atoms with Gasteiger partial charge >= 0.3 is 6.03 Å². The van der Waals surface area contributed by atoms with Crippen molar-refractivity contribution in [3.63, 3.8) is 0 Å². The highest BCUT2D eigenvalue weighted by molar-refractivity contribution is 5.71. The molecule has 0 fully saturated rings. The zero-order valence-electron chi connectivity index (χ0n) is 13.5. The van der Waals surface area contributed by atoms with Crippen LogP contribution in [0, 0.1) is 0 Å². The van der Waals surface area contributed by atoms with Gasteiger partial charge in [-0.05, 0) is 54.3 Å². The van der Waals surface area contributed by atoms with Gasteiger partial charge in [0.15, 0.2) is 0 Å². The standard InChI is InChI=1S/C17H29N3O/c1-17(2,3)15-11-13(6-4-5-8-18)10-14(12-15)7-9-20-16(19)21/h10-12H,4-9,18H2,1-3H3,(H3,19,20,21). The molecule has 0 aliphatic rings. The summed E-state index contributed by atoms with van der Waals surface area (Å²) in [6.07, 6.45) is 4.02. The lowest BCUT2D eigenvalue weighted by molar-refractivity contribution is 0.249. The number of primary amides is 1. The second kappa shape index (κ2) is 8.03. The Morgan fingerprint density at radius 1 is 1.10 bits per heavy atom. The molecule has 21 heavy (non-hydrogen) atoms. The molecule has 0 bridgehead atoms. The SMILES string of the molecule is CC(C)(C)c1cc(CCCCN)cc(CCNC(N)=O)c1. The van der Waals surface area contributed by atoms with Gasteiger partial charge in [-0.1, -0.05) is 39.0 Å². The molecule has 0 saturated heterocycles. The van der Waals surface area contributed by atoms with E-state index in [0.717, 1.165) is 32.2 Å². The highest BCUT2D eigenvalue weighted by atomic mass is 16.2. The van der Waals surface area contributed by atoms with Crippen molar-refractivity contribution in [3.8, 4) is 0 Å². The van der Waals surface area contributed by atoms with Crippen LogP contribution >= 0.6 is 0 Å². The third-order valence-electron chi connectivity index (χ3n) is 3.55. The normalized spacial score (nSPS) is 11.4. The summed E-state index contributed by atoms with van der Waals surface area (Å²) in [5, 5.41) is 2.65. The van der Waals surface area contributed by atoms with Gasteiger partial charge in [-0.15, -0.1) is 0 Å². The van der Waals surface area contributed by atoms with Crippen molar-refractivity contribution >= 4 is 6.03 Å². The summed E-state index contributed by atoms with van der Waals surface area (Å²) in [6, 6.07) is 6.29. The van der Waals surface area contributed by atoms with E-state index < -0.39 is 6.03 Å². The first kappa shape index (κ1) is 17.5. The van der Waals surface area contributed by atoms with Crippen LogP contribution in [0.4, 0.5) is 4.79 Å². The van der Waals surface area contributed by atoms with Crippen LogP contribution in [0.3, 0.4) is 0 Å². The first-order valence-corrected chi connectivity index (χ1v) is 7.69. The summed E-state index contributed by atoms with van der Waals surface area (Å²) in [5.74, 6) is 0. The molecule has 5 N–H and O–H groups in total. The Balaban J connectivity index is 2.84. The fourth-order valence-corrected chi connectivity index (χ4v) is 2.29. The summed E-state index contributed by atoms with van der Waals surface area (Å²) >= 11 is 0. The van der Waals surface area contributed by atoms with Crippen molar-refractivity contribution < 1.29 is 4.79 Å². The van der Waals surface area contributed by atoms with Crippen molar-refractivity contribution in [2.24, 2.45) is 11.5 Å². The number of carbonyl (C=O) groups is 1. The van der Waals surface area contributed by atoms with Crippen LogP contribution in [0.2, 0.25) is 0 Å². The Labute approximate surface area is 128 Å². The maximum Gasteiger partial charge on any atom is 0.312 e. The molecule has 0 radical (unpaired) electrons. The van der Waals surface area contributed by atoms with Gasteiger partial charge in [0.05, 0.1) is 0 Å². The lowest BCUT2D eigenvalue weighted by Crippen LogP contribution is -2.31. The van der Waals surface area contributed by atoms with Crippen molar-refractivity contribution in [2.45, 2.75) is 51.9 Å². The van der Waals surface area contributed by atoms with E-state index in [0.29, 0.717) is 6.54 Å². The molecule has 4 heteroatoms. The molecule has 1 aromatic rings. The van der Waals surface area contributed by atoms with Crippen LogP contribution < -0.4 is 16.8 Å². The minimum atomic E-state index is -0.467. The summed E-state index contributed by atoms with van der Waals surface area (Å²) in [4.78, 5) is 10.8. The van der Waals surface area contributed by atoms with Crippen LogP contribution in [0.15, 0.2) is 18.2 Å². The second-order valence-corrected chi connectivity index (χ2v) is 6.57. The topological polar surface area (TPSA) is 81.1 Å². The van der Waals surface area contributed by atoms with Gasteiger partial charge in [0.2, 0.25) is 0 Å². The largest absolute Gasteiger partial charge is 0.352 e. The molecule has 4 nitrogen and oxygen atoms in total. The predicted molar refractivity (Wildman–Crippen MR) is 88.4 cm³/mol. The number of nitrogens with two attached hydrogens (primary N) is 2. The molecule has 0 unspecified atom stereocenters. The number of rotatable bonds is 7. The van der Waals surface area contributed by atoms with Crippen molar-refractivity contribution in [3.05, 3.63) is 34.9 Å². The molecule has 1 rings (SSSR count). The number of aryl methyl sites for hydroxylation is 1. The van der Waals surface area contributed by atoms with E-state index in [1.165, 1.54) is 16.7 Å². The van der Waals surface area contributed by atoms with Crippen molar-refractivity contribution in [2.75, 3.05) is 13.1 Å². The second-order valence-electron chi connectivity index (χ2n) is 6.57. The Morgan fingerprint density at radius 2 is 1.71 bits per heavy atom. The number of carbonyl (C=O) groups excluding carboxylic acids is 1. The summed E-state index contributed by atoms with van der Waals surface area (Å²) in [5.41, 5.74) is 14.7. The number of hydrogen-bond acceptors (Lipinski definition) is 2. The van der Waals surface area contributed by atoms with Gasteiger partial charge in [0.1, 0.15) is 0 Å². The molecular weight excluding hydrogens is 262 g/mol. The molecular formula is C17H29N3O. The van der Waals surface area contributed by atoms with Gasteiger partial charge in [-0.3, -0.25) is 0 Å². The first-order valence-electron chi connectivity index (χ1n) is 7.69. The van der Waals surface area contributed by atoms with Crippen LogP contribution in [-0.4, -0.2) is 19.1 Å². The van der Waals surface area contributed by atoms with E-state index in [4.69, 9.17) is 11.5 Å². The van der Waals surface area contributed by atoms with E-state index in [2.05, 4.69) is 44.3 Å². The predicted octanol–water partition coefficient (Wildman–Crippen LogP) is 2.48. The van der Waals surface area contributed by atoms with Crippen LogP contribution in [0.1, 0.15) is 50.3 Å². The van der Waals surface area contributed by atoms with Crippen LogP contribution in [-0.2, 0) is 18.3 Å². The molecule has 0 aliphatic heterocycles. The third-order valence-corrected chi connectivity index (χ3v) is 3.55. The molecule has 118 valence electrons. The lowest BCUT2D eigenvalue weighted by atomic mass is 9.84. The zero-order valence-corrected chi connectivity index (χ0v) is 13.5. The van der Waals surface area contributed by atoms with Gasteiger partial charge in [0.25, 0.3) is 0 Å². The summed E-state index contributed by atoms with van der Waals surface area (Å²) in [7, 11) is 0. The molecule has 2 amide bonds. The number of nitrogens with one attached hydrogen (secondary N) is 1. The van der Waals surface area contributed by atoms with E-state index in [-0.39, 0.29) is 5.41 Å². The number of hydrogen-bond donors (Lipinski definition) is 3. The number of unbranched alkanes of at least 4 members (excludes halogenated alkanes) is 1. The monoisotopic (exact) mass is 291 g/mol. The van der Waals surface area contributed by atoms with E-state index in [1.807, 2.05) is 0 Å². The number of urea groups is 1. The lowest BCUT2D eigenvalue weighted by Gasteiger charge is -2.21. The quantitative estimate of drug-likeness (QED) is 0.675. The smallest absolute Gasteiger partial charge is 0.312 e. The van der Waals surface area contributed by atoms with Gasteiger partial charge in [-0.25, -0.2) is 4.79 Å². The Morgan fingerprint density at radius 3 is 2.24 bits per heavy atom. The van der Waals surface area contributed by atoms with Crippen molar-refractivity contribution in [1.82, 2.24) is 5.32 Å². The molecule has 0 atom stereocenters. The summed E-state index contributed by atoms with van der Waals surface area (Å²) < 4.78 is 0. The molecule has 1 aromatic carbocycles. The Hall–Kier alpha value is -1.55. The zero-order chi connectivity index (χ0) is 15.9. The molecule has 0 spiro atoms. The van der Waals surface area contributed by atoms with Gasteiger partial charge < -0.3 is 16.8 Å². The Bertz CT molecular complexity index is 464. The number of benzene rings is 1. The first-order chi connectivity index (χ1) is 9.82. The molecule has 0 aromatic heterocycles.